The van der Waals surface area contributed by atoms with Gasteiger partial charge in [-0.2, -0.15) is 0 Å². The van der Waals surface area contributed by atoms with Gasteiger partial charge in [-0.25, -0.2) is 9.18 Å². The zero-order valence-corrected chi connectivity index (χ0v) is 10.6. The van der Waals surface area contributed by atoms with Crippen LogP contribution in [0.2, 0.25) is 0 Å². The molecule has 2 atom stereocenters. The molecule has 1 aliphatic carbocycles. The van der Waals surface area contributed by atoms with Crippen LogP contribution in [0.5, 0.6) is 0 Å². The number of ether oxygens (including phenoxy) is 1. The normalized spacial score (nSPS) is 26.6. The summed E-state index contributed by atoms with van der Waals surface area (Å²) in [6.45, 7) is 1.97. The average Bonchev–Trinajstić information content (AvgIpc) is 2.72. The van der Waals surface area contributed by atoms with Crippen molar-refractivity contribution in [3.8, 4) is 0 Å². The molecule has 0 aromatic rings. The number of rotatable bonds is 3. The van der Waals surface area contributed by atoms with Crippen LogP contribution in [-0.4, -0.2) is 42.1 Å². The van der Waals surface area contributed by atoms with E-state index in [1.54, 1.807) is 6.08 Å². The van der Waals surface area contributed by atoms with Crippen LogP contribution >= 0.6 is 0 Å². The molecular weight excluding hydrogens is 253 g/mol. The molecule has 0 aromatic carbocycles. The first-order chi connectivity index (χ1) is 8.97. The summed E-state index contributed by atoms with van der Waals surface area (Å²) in [7, 11) is 0. The summed E-state index contributed by atoms with van der Waals surface area (Å²) in [5.41, 5.74) is 5.51. The predicted octanol–water partition coefficient (Wildman–Crippen LogP) is 0.412. The highest BCUT2D eigenvalue weighted by atomic mass is 19.1. The van der Waals surface area contributed by atoms with Crippen molar-refractivity contribution >= 4 is 12.0 Å². The number of amides is 2. The molecule has 1 heterocycles. The number of hydrogen-bond acceptors (Lipinski definition) is 4. The summed E-state index contributed by atoms with van der Waals surface area (Å²) in [6, 6.07) is -0.387. The van der Waals surface area contributed by atoms with Crippen molar-refractivity contribution in [2.45, 2.75) is 25.5 Å². The van der Waals surface area contributed by atoms with Gasteiger partial charge in [-0.1, -0.05) is 6.08 Å². The molecule has 104 valence electrons. The second-order valence-corrected chi connectivity index (χ2v) is 4.57. The molecule has 6 nitrogen and oxygen atoms in total. The Bertz CT molecular complexity index is 461. The molecule has 1 unspecified atom stereocenters. The lowest BCUT2D eigenvalue weighted by molar-refractivity contribution is -0.119. The minimum atomic E-state index is -0.519. The number of hydrogen-bond donors (Lipinski definition) is 2. The van der Waals surface area contributed by atoms with Gasteiger partial charge in [-0.05, 0) is 12.5 Å². The van der Waals surface area contributed by atoms with Crippen molar-refractivity contribution in [1.82, 2.24) is 10.2 Å². The van der Waals surface area contributed by atoms with E-state index in [1.165, 1.54) is 17.9 Å². The van der Waals surface area contributed by atoms with Crippen LogP contribution in [-0.2, 0) is 9.53 Å². The Labute approximate surface area is 110 Å². The molecule has 19 heavy (non-hydrogen) atoms. The number of carbonyl (C=O) groups excluding carboxylic acids is 2. The second-order valence-electron chi connectivity index (χ2n) is 4.57. The Hall–Kier alpha value is -2.05. The van der Waals surface area contributed by atoms with Crippen molar-refractivity contribution in [2.75, 3.05) is 13.1 Å². The van der Waals surface area contributed by atoms with E-state index in [1.807, 2.05) is 0 Å². The SMILES string of the molecule is CC(=O)NC[C@H]1CN(C2C=C(F)C(N)=CC2)C(=O)O1. The Kier molecular flexibility index (Phi) is 3.73. The van der Waals surface area contributed by atoms with E-state index in [0.717, 1.165) is 0 Å². The van der Waals surface area contributed by atoms with Crippen LogP contribution in [0.25, 0.3) is 0 Å². The lowest BCUT2D eigenvalue weighted by Gasteiger charge is -2.24. The predicted molar refractivity (Wildman–Crippen MR) is 65.5 cm³/mol. The van der Waals surface area contributed by atoms with E-state index in [0.29, 0.717) is 13.0 Å². The Morgan fingerprint density at radius 3 is 3.05 bits per heavy atom. The number of cyclic esters (lactones) is 1. The summed E-state index contributed by atoms with van der Waals surface area (Å²) in [5, 5.41) is 2.58. The second kappa shape index (κ2) is 5.29. The Balaban J connectivity index is 1.96. The van der Waals surface area contributed by atoms with Crippen LogP contribution in [0.3, 0.4) is 0 Å². The highest BCUT2D eigenvalue weighted by molar-refractivity contribution is 5.73. The quantitative estimate of drug-likeness (QED) is 0.777. The fraction of sp³-hybridized carbons (Fsp3) is 0.500. The van der Waals surface area contributed by atoms with Crippen molar-refractivity contribution in [3.63, 3.8) is 0 Å². The summed E-state index contributed by atoms with van der Waals surface area (Å²) in [4.78, 5) is 23.9. The fourth-order valence-corrected chi connectivity index (χ4v) is 2.07. The van der Waals surface area contributed by atoms with E-state index >= 15 is 0 Å². The van der Waals surface area contributed by atoms with E-state index in [4.69, 9.17) is 10.5 Å². The number of nitrogens with two attached hydrogens (primary N) is 1. The van der Waals surface area contributed by atoms with Crippen molar-refractivity contribution in [1.29, 1.82) is 0 Å². The maximum atomic E-state index is 13.4. The van der Waals surface area contributed by atoms with Crippen LogP contribution in [0.4, 0.5) is 9.18 Å². The molecule has 2 aliphatic rings. The largest absolute Gasteiger partial charge is 0.442 e. The van der Waals surface area contributed by atoms with Gasteiger partial charge < -0.3 is 15.8 Å². The third-order valence-corrected chi connectivity index (χ3v) is 3.08. The molecule has 1 saturated heterocycles. The molecule has 0 saturated carbocycles. The van der Waals surface area contributed by atoms with Gasteiger partial charge in [-0.3, -0.25) is 9.69 Å². The molecule has 0 bridgehead atoms. The van der Waals surface area contributed by atoms with Crippen molar-refractivity contribution in [2.24, 2.45) is 5.73 Å². The minimum Gasteiger partial charge on any atom is -0.442 e. The minimum absolute atomic E-state index is 0.0959. The molecule has 2 rings (SSSR count). The third-order valence-electron chi connectivity index (χ3n) is 3.08. The van der Waals surface area contributed by atoms with Gasteiger partial charge in [0.1, 0.15) is 11.9 Å². The molecule has 1 fully saturated rings. The first-order valence-corrected chi connectivity index (χ1v) is 6.02. The van der Waals surface area contributed by atoms with Crippen LogP contribution < -0.4 is 11.1 Å². The summed E-state index contributed by atoms with van der Waals surface area (Å²) >= 11 is 0. The fourth-order valence-electron chi connectivity index (χ4n) is 2.07. The van der Waals surface area contributed by atoms with Gasteiger partial charge in [0.15, 0.2) is 0 Å². The maximum absolute atomic E-state index is 13.4. The van der Waals surface area contributed by atoms with E-state index in [2.05, 4.69) is 5.32 Å². The molecule has 1 aliphatic heterocycles. The zero-order chi connectivity index (χ0) is 14.0. The van der Waals surface area contributed by atoms with Crippen molar-refractivity contribution < 1.29 is 18.7 Å². The lowest BCUT2D eigenvalue weighted by Crippen LogP contribution is -2.38. The molecule has 0 spiro atoms. The molecular formula is C12H16FN3O3. The zero-order valence-electron chi connectivity index (χ0n) is 10.6. The first-order valence-electron chi connectivity index (χ1n) is 6.02. The monoisotopic (exact) mass is 269 g/mol. The van der Waals surface area contributed by atoms with Gasteiger partial charge in [0, 0.05) is 6.92 Å². The lowest BCUT2D eigenvalue weighted by atomic mass is 10.0. The van der Waals surface area contributed by atoms with Gasteiger partial charge in [0.05, 0.1) is 24.8 Å². The summed E-state index contributed by atoms with van der Waals surface area (Å²) in [6.07, 6.45) is 2.42. The smallest absolute Gasteiger partial charge is 0.410 e. The Morgan fingerprint density at radius 2 is 2.42 bits per heavy atom. The number of carbonyl (C=O) groups is 2. The molecule has 7 heteroatoms. The first kappa shape index (κ1) is 13.4. The highest BCUT2D eigenvalue weighted by Gasteiger charge is 2.36. The van der Waals surface area contributed by atoms with Gasteiger partial charge in [-0.15, -0.1) is 0 Å². The van der Waals surface area contributed by atoms with E-state index in [-0.39, 0.29) is 24.2 Å². The standard InChI is InChI=1S/C12H16FN3O3/c1-7(17)15-5-9-6-16(12(18)19-9)8-2-3-11(14)10(13)4-8/h3-4,8-9H,2,5-6,14H2,1H3,(H,15,17)/t8?,9-/m0/s1. The Morgan fingerprint density at radius 1 is 1.68 bits per heavy atom. The van der Waals surface area contributed by atoms with Crippen molar-refractivity contribution in [3.05, 3.63) is 23.7 Å². The number of nitrogens with zero attached hydrogens (tertiary/aromatic N) is 1. The van der Waals surface area contributed by atoms with Gasteiger partial charge in [0.2, 0.25) is 5.91 Å². The molecule has 0 aromatic heterocycles. The van der Waals surface area contributed by atoms with E-state index < -0.39 is 18.0 Å². The molecule has 2 amide bonds. The van der Waals surface area contributed by atoms with E-state index in [9.17, 15) is 14.0 Å². The third kappa shape index (κ3) is 3.04. The topological polar surface area (TPSA) is 84.7 Å². The average molecular weight is 269 g/mol. The summed E-state index contributed by atoms with van der Waals surface area (Å²) < 4.78 is 18.5. The van der Waals surface area contributed by atoms with Crippen LogP contribution in [0.1, 0.15) is 13.3 Å². The number of halogens is 1. The molecule has 3 N–H and O–H groups in total. The maximum Gasteiger partial charge on any atom is 0.410 e. The summed E-state index contributed by atoms with van der Waals surface area (Å²) in [5.74, 6) is -0.705. The molecule has 0 radical (unpaired) electrons. The number of allylic oxidation sites excluding steroid dienone is 1. The van der Waals surface area contributed by atoms with Crippen LogP contribution in [0, 0.1) is 0 Å². The number of nitrogens with one attached hydrogen (secondary N) is 1. The van der Waals surface area contributed by atoms with Gasteiger partial charge >= 0.3 is 6.09 Å². The van der Waals surface area contributed by atoms with Gasteiger partial charge in [0.25, 0.3) is 0 Å². The highest BCUT2D eigenvalue weighted by Crippen LogP contribution is 2.24. The van der Waals surface area contributed by atoms with Crippen LogP contribution in [0.15, 0.2) is 23.7 Å².